The van der Waals surface area contributed by atoms with Crippen molar-refractivity contribution in [2.24, 2.45) is 0 Å². The molecule has 1 saturated carbocycles. The third kappa shape index (κ3) is 1.89. The van der Waals surface area contributed by atoms with E-state index >= 15 is 0 Å². The van der Waals surface area contributed by atoms with Crippen LogP contribution in [-0.2, 0) is 10.8 Å². The summed E-state index contributed by atoms with van der Waals surface area (Å²) in [6.07, 6.45) is 2.01. The van der Waals surface area contributed by atoms with E-state index < -0.39 is 0 Å². The van der Waals surface area contributed by atoms with E-state index in [1.165, 1.54) is 5.56 Å². The summed E-state index contributed by atoms with van der Waals surface area (Å²) in [4.78, 5) is 0. The molecule has 0 bridgehead atoms. The van der Waals surface area contributed by atoms with Gasteiger partial charge < -0.3 is 0 Å². The third-order valence-electron chi connectivity index (χ3n) is 3.29. The van der Waals surface area contributed by atoms with Crippen molar-refractivity contribution < 1.29 is 0 Å². The first-order chi connectivity index (χ1) is 7.39. The minimum absolute atomic E-state index is 0.140. The molecule has 0 spiro atoms. The van der Waals surface area contributed by atoms with E-state index in [0.717, 1.165) is 22.9 Å². The molecule has 0 unspecified atom stereocenters. The van der Waals surface area contributed by atoms with Gasteiger partial charge in [-0.1, -0.05) is 48.8 Å². The smallest absolute Gasteiger partial charge is 0.0824 e. The Kier molecular flexibility index (Phi) is 2.62. The molecule has 0 saturated heterocycles. The van der Waals surface area contributed by atoms with Gasteiger partial charge in [0, 0.05) is 4.47 Å². The van der Waals surface area contributed by atoms with Crippen molar-refractivity contribution in [3.63, 3.8) is 0 Å². The predicted molar refractivity (Wildman–Crippen MR) is 69.4 cm³/mol. The molecule has 2 rings (SSSR count). The molecule has 0 N–H and O–H groups in total. The van der Waals surface area contributed by atoms with Crippen LogP contribution in [0, 0.1) is 11.3 Å². The second-order valence-electron chi connectivity index (χ2n) is 5.64. The Morgan fingerprint density at radius 2 is 1.94 bits per heavy atom. The molecule has 1 nitrogen and oxygen atoms in total. The number of hydrogen-bond donors (Lipinski definition) is 0. The van der Waals surface area contributed by atoms with Gasteiger partial charge >= 0.3 is 0 Å². The Morgan fingerprint density at radius 3 is 2.31 bits per heavy atom. The number of hydrogen-bond acceptors (Lipinski definition) is 1. The lowest BCUT2D eigenvalue weighted by Gasteiger charge is -2.22. The maximum absolute atomic E-state index is 9.16. The van der Waals surface area contributed by atoms with Crippen LogP contribution in [0.3, 0.4) is 0 Å². The van der Waals surface area contributed by atoms with Crippen molar-refractivity contribution in [1.82, 2.24) is 0 Å². The quantitative estimate of drug-likeness (QED) is 0.751. The maximum atomic E-state index is 9.16. The van der Waals surface area contributed by atoms with Gasteiger partial charge in [0.15, 0.2) is 0 Å². The van der Waals surface area contributed by atoms with Gasteiger partial charge in [-0.2, -0.15) is 5.26 Å². The van der Waals surface area contributed by atoms with E-state index in [4.69, 9.17) is 5.26 Å². The molecule has 0 aliphatic heterocycles. The zero-order valence-electron chi connectivity index (χ0n) is 9.97. The van der Waals surface area contributed by atoms with Crippen molar-refractivity contribution in [3.05, 3.63) is 33.8 Å². The van der Waals surface area contributed by atoms with Gasteiger partial charge in [-0.3, -0.25) is 0 Å². The molecule has 0 heterocycles. The number of nitrogens with zero attached hydrogens (tertiary/aromatic N) is 1. The van der Waals surface area contributed by atoms with Gasteiger partial charge in [0.25, 0.3) is 0 Å². The van der Waals surface area contributed by atoms with Crippen LogP contribution in [0.15, 0.2) is 22.7 Å². The first kappa shape index (κ1) is 11.7. The molecule has 84 valence electrons. The predicted octanol–water partition coefficient (Wildman–Crippen LogP) is 4.30. The lowest BCUT2D eigenvalue weighted by atomic mass is 9.85. The molecule has 1 aromatic rings. The second-order valence-corrected chi connectivity index (χ2v) is 6.49. The highest BCUT2D eigenvalue weighted by atomic mass is 79.9. The van der Waals surface area contributed by atoms with Gasteiger partial charge in [-0.05, 0) is 35.4 Å². The maximum Gasteiger partial charge on any atom is 0.0824 e. The molecule has 0 atom stereocenters. The number of nitriles is 1. The van der Waals surface area contributed by atoms with Gasteiger partial charge in [0.1, 0.15) is 0 Å². The van der Waals surface area contributed by atoms with Crippen LogP contribution in [0.2, 0.25) is 0 Å². The van der Waals surface area contributed by atoms with Crippen LogP contribution >= 0.6 is 15.9 Å². The van der Waals surface area contributed by atoms with Crippen molar-refractivity contribution in [1.29, 1.82) is 5.26 Å². The Balaban J connectivity index is 2.42. The summed E-state index contributed by atoms with van der Waals surface area (Å²) in [6.45, 7) is 6.60. The summed E-state index contributed by atoms with van der Waals surface area (Å²) in [5, 5.41) is 9.16. The van der Waals surface area contributed by atoms with E-state index in [2.05, 4.69) is 61.0 Å². The van der Waals surface area contributed by atoms with Crippen LogP contribution in [-0.4, -0.2) is 0 Å². The normalized spacial score (nSPS) is 17.9. The highest BCUT2D eigenvalue weighted by Crippen LogP contribution is 2.48. The molecule has 0 aromatic heterocycles. The van der Waals surface area contributed by atoms with E-state index in [-0.39, 0.29) is 10.8 Å². The summed E-state index contributed by atoms with van der Waals surface area (Å²) < 4.78 is 1.12. The number of rotatable bonds is 1. The van der Waals surface area contributed by atoms with Crippen molar-refractivity contribution >= 4 is 15.9 Å². The highest BCUT2D eigenvalue weighted by Gasteiger charge is 2.45. The molecular weight excluding hydrogens is 262 g/mol. The van der Waals surface area contributed by atoms with Crippen molar-refractivity contribution in [2.45, 2.75) is 44.4 Å². The Morgan fingerprint density at radius 1 is 1.31 bits per heavy atom. The molecular formula is C14H16BrN. The fourth-order valence-electron chi connectivity index (χ4n) is 2.01. The van der Waals surface area contributed by atoms with Crippen LogP contribution in [0.5, 0.6) is 0 Å². The summed E-state index contributed by atoms with van der Waals surface area (Å²) >= 11 is 3.62. The monoisotopic (exact) mass is 277 g/mol. The Hall–Kier alpha value is -0.810. The lowest BCUT2D eigenvalue weighted by molar-refractivity contribution is 0.586. The van der Waals surface area contributed by atoms with Crippen LogP contribution in [0.25, 0.3) is 0 Å². The molecule has 0 amide bonds. The average molecular weight is 278 g/mol. The standard InChI is InChI=1S/C14H16BrN/c1-13(2,3)11-5-4-10(8-12(11)15)14(9-16)6-7-14/h4-5,8H,6-7H2,1-3H3. The van der Waals surface area contributed by atoms with Crippen LogP contribution in [0.4, 0.5) is 0 Å². The van der Waals surface area contributed by atoms with Gasteiger partial charge in [0.05, 0.1) is 11.5 Å². The summed E-state index contributed by atoms with van der Waals surface area (Å²) in [5.41, 5.74) is 2.42. The van der Waals surface area contributed by atoms with Gasteiger partial charge in [0.2, 0.25) is 0 Å². The van der Waals surface area contributed by atoms with Crippen LogP contribution < -0.4 is 0 Å². The third-order valence-corrected chi connectivity index (χ3v) is 3.95. The van der Waals surface area contributed by atoms with Gasteiger partial charge in [-0.25, -0.2) is 0 Å². The number of halogens is 1. The van der Waals surface area contributed by atoms with Crippen molar-refractivity contribution in [2.75, 3.05) is 0 Å². The fourth-order valence-corrected chi connectivity index (χ4v) is 2.98. The summed E-state index contributed by atoms with van der Waals surface area (Å²) in [5.74, 6) is 0. The molecule has 1 aliphatic carbocycles. The Labute approximate surface area is 106 Å². The zero-order chi connectivity index (χ0) is 12.0. The lowest BCUT2D eigenvalue weighted by Crippen LogP contribution is -2.13. The van der Waals surface area contributed by atoms with E-state index in [9.17, 15) is 0 Å². The molecule has 1 aromatic carbocycles. The molecule has 1 aliphatic rings. The highest BCUT2D eigenvalue weighted by molar-refractivity contribution is 9.10. The molecule has 0 radical (unpaired) electrons. The molecule has 16 heavy (non-hydrogen) atoms. The van der Waals surface area contributed by atoms with E-state index in [1.807, 2.05) is 0 Å². The minimum Gasteiger partial charge on any atom is -0.197 e. The van der Waals surface area contributed by atoms with E-state index in [0.29, 0.717) is 0 Å². The Bertz CT molecular complexity index is 459. The van der Waals surface area contributed by atoms with Crippen molar-refractivity contribution in [3.8, 4) is 6.07 Å². The SMILES string of the molecule is CC(C)(C)c1ccc(C2(C#N)CC2)cc1Br. The topological polar surface area (TPSA) is 23.8 Å². The summed E-state index contributed by atoms with van der Waals surface area (Å²) in [6, 6.07) is 8.82. The van der Waals surface area contributed by atoms with Crippen LogP contribution in [0.1, 0.15) is 44.7 Å². The number of benzene rings is 1. The molecule has 1 fully saturated rings. The minimum atomic E-state index is -0.182. The summed E-state index contributed by atoms with van der Waals surface area (Å²) in [7, 11) is 0. The second kappa shape index (κ2) is 3.60. The fraction of sp³-hybridized carbons (Fsp3) is 0.500. The largest absolute Gasteiger partial charge is 0.197 e. The van der Waals surface area contributed by atoms with E-state index in [1.54, 1.807) is 0 Å². The van der Waals surface area contributed by atoms with Gasteiger partial charge in [-0.15, -0.1) is 0 Å². The molecule has 2 heteroatoms. The average Bonchev–Trinajstić information content (AvgIpc) is 2.96. The zero-order valence-corrected chi connectivity index (χ0v) is 11.6. The first-order valence-electron chi connectivity index (χ1n) is 5.61. The first-order valence-corrected chi connectivity index (χ1v) is 6.40.